The molecule has 0 aromatic rings. The average molecular weight is 786 g/mol. The number of esters is 2. The topological polar surface area (TPSA) is 123 Å². The van der Waals surface area contributed by atoms with Crippen LogP contribution < -0.4 is 5.73 Å². The maximum Gasteiger partial charge on any atom is 0.474 e. The van der Waals surface area contributed by atoms with Crippen molar-refractivity contribution >= 4 is 19.8 Å². The van der Waals surface area contributed by atoms with Gasteiger partial charge in [0.15, 0.2) is 6.10 Å². The Bertz CT molecular complexity index is 932. The summed E-state index contributed by atoms with van der Waals surface area (Å²) in [6.07, 6.45) is 40.2. The summed E-state index contributed by atoms with van der Waals surface area (Å²) in [4.78, 5) is 25.3. The molecule has 318 valence electrons. The van der Waals surface area contributed by atoms with E-state index in [1.165, 1.54) is 96.3 Å². The van der Waals surface area contributed by atoms with Crippen LogP contribution in [0.3, 0.4) is 0 Å². The summed E-state index contributed by atoms with van der Waals surface area (Å²) in [6, 6.07) is 0. The number of rotatable bonds is 42. The van der Waals surface area contributed by atoms with Crippen LogP contribution in [0.2, 0.25) is 0 Å². The number of phosphoric ester groups is 1. The second-order valence-corrected chi connectivity index (χ2v) is 16.3. The summed E-state index contributed by atoms with van der Waals surface area (Å²) in [5.41, 5.74) is 5.52. The second kappa shape index (κ2) is 41.1. The number of carbonyl (C=O) groups is 2. The minimum absolute atomic E-state index is 0.00807. The summed E-state index contributed by atoms with van der Waals surface area (Å²) in [5.74, 6) is -0.752. The molecule has 0 bridgehead atoms. The van der Waals surface area contributed by atoms with Crippen LogP contribution in [0.4, 0.5) is 0 Å². The van der Waals surface area contributed by atoms with Gasteiger partial charge in [-0.1, -0.05) is 148 Å². The number of hydrogen-bond acceptors (Lipinski definition) is 9. The highest BCUT2D eigenvalue weighted by Gasteiger charge is 2.29. The van der Waals surface area contributed by atoms with E-state index in [9.17, 15) is 14.2 Å². The van der Waals surface area contributed by atoms with Crippen molar-refractivity contribution in [1.29, 1.82) is 0 Å². The molecule has 0 fully saturated rings. The molecule has 0 amide bonds. The molecule has 10 heteroatoms. The van der Waals surface area contributed by atoms with Crippen molar-refractivity contribution in [2.45, 2.75) is 213 Å². The average Bonchev–Trinajstić information content (AvgIpc) is 3.17. The van der Waals surface area contributed by atoms with E-state index >= 15 is 0 Å². The Kier molecular flexibility index (Phi) is 40.0. The lowest BCUT2D eigenvalue weighted by molar-refractivity contribution is -0.161. The Morgan fingerprint density at radius 3 is 1.35 bits per heavy atom. The molecule has 9 nitrogen and oxygen atoms in total. The molecular formula is C44H84NO8P. The van der Waals surface area contributed by atoms with E-state index in [2.05, 4.69) is 38.2 Å². The van der Waals surface area contributed by atoms with Crippen LogP contribution in [0.15, 0.2) is 24.3 Å². The first-order valence-electron chi connectivity index (χ1n) is 22.3. The third-order valence-corrected chi connectivity index (χ3v) is 10.7. The van der Waals surface area contributed by atoms with Crippen LogP contribution in [-0.2, 0) is 37.2 Å². The number of nitrogens with two attached hydrogens (primary N) is 1. The monoisotopic (exact) mass is 786 g/mol. The highest BCUT2D eigenvalue weighted by atomic mass is 31.2. The Labute approximate surface area is 332 Å². The molecule has 0 saturated carbocycles. The zero-order valence-corrected chi connectivity index (χ0v) is 36.1. The molecule has 2 atom stereocenters. The summed E-state index contributed by atoms with van der Waals surface area (Å²) in [7, 11) is -3.92. The van der Waals surface area contributed by atoms with E-state index in [0.717, 1.165) is 64.2 Å². The summed E-state index contributed by atoms with van der Waals surface area (Å²) in [5, 5.41) is 0. The lowest BCUT2D eigenvalue weighted by atomic mass is 10.1. The Balaban J connectivity index is 4.44. The highest BCUT2D eigenvalue weighted by Crippen LogP contribution is 2.49. The largest absolute Gasteiger partial charge is 0.474 e. The van der Waals surface area contributed by atoms with Crippen molar-refractivity contribution in [2.75, 3.05) is 33.0 Å². The van der Waals surface area contributed by atoms with Gasteiger partial charge in [0.1, 0.15) is 6.61 Å². The Hall–Kier alpha value is -1.51. The molecule has 0 saturated heterocycles. The van der Waals surface area contributed by atoms with Crippen molar-refractivity contribution in [1.82, 2.24) is 0 Å². The lowest BCUT2D eigenvalue weighted by Gasteiger charge is -2.22. The van der Waals surface area contributed by atoms with Gasteiger partial charge in [-0.15, -0.1) is 0 Å². The van der Waals surface area contributed by atoms with Crippen molar-refractivity contribution in [3.05, 3.63) is 24.3 Å². The fourth-order valence-corrected chi connectivity index (χ4v) is 7.26. The fraction of sp³-hybridized carbons (Fsp3) is 0.864. The van der Waals surface area contributed by atoms with E-state index in [-0.39, 0.29) is 45.4 Å². The standard InChI is InChI=1S/C44H84NO8P/c1-4-7-9-11-13-15-17-19-21-23-25-27-29-31-33-35-43(46)49-40-42(41-52-54(48,50-38-6-3)51-39-37-45)53-44(47)36-34-32-30-28-26-24-22-20-18-16-14-12-10-8-5-2/h19-22,42H,4-18,23-41,45H2,1-3H3/t42-,54?/m1/s1. The van der Waals surface area contributed by atoms with Crippen LogP contribution in [0, 0.1) is 0 Å². The third kappa shape index (κ3) is 37.4. The molecule has 0 spiro atoms. The first-order valence-corrected chi connectivity index (χ1v) is 23.8. The predicted octanol–water partition coefficient (Wildman–Crippen LogP) is 13.0. The quantitative estimate of drug-likeness (QED) is 0.0279. The Morgan fingerprint density at radius 1 is 0.500 bits per heavy atom. The van der Waals surface area contributed by atoms with Crippen molar-refractivity contribution < 1.29 is 37.2 Å². The molecule has 0 aliphatic carbocycles. The number of ether oxygens (including phenoxy) is 2. The highest BCUT2D eigenvalue weighted by molar-refractivity contribution is 7.48. The molecule has 0 aliphatic rings. The van der Waals surface area contributed by atoms with Gasteiger partial charge in [0, 0.05) is 19.4 Å². The molecule has 0 aromatic carbocycles. The molecule has 0 aromatic heterocycles. The predicted molar refractivity (Wildman–Crippen MR) is 225 cm³/mol. The zero-order valence-electron chi connectivity index (χ0n) is 35.2. The maximum atomic E-state index is 13.1. The van der Waals surface area contributed by atoms with E-state index < -0.39 is 19.9 Å². The molecule has 0 aliphatic heterocycles. The van der Waals surface area contributed by atoms with E-state index in [1.54, 1.807) is 0 Å². The van der Waals surface area contributed by atoms with Crippen LogP contribution in [0.1, 0.15) is 207 Å². The number of carbonyl (C=O) groups excluding carboxylic acids is 2. The molecule has 0 radical (unpaired) electrons. The number of allylic oxidation sites excluding steroid dienone is 4. The fourth-order valence-electron chi connectivity index (χ4n) is 5.95. The SMILES string of the molecule is CCCCCCCCC=CCCCCCCCC(=O)OC[C@H](COP(=O)(OCCC)OCCN)OC(=O)CCCCCCCC=CCCCCCCCC. The minimum Gasteiger partial charge on any atom is -0.462 e. The first-order chi connectivity index (χ1) is 26.4. The summed E-state index contributed by atoms with van der Waals surface area (Å²) >= 11 is 0. The molecule has 0 heterocycles. The van der Waals surface area contributed by atoms with Gasteiger partial charge in [-0.25, -0.2) is 4.57 Å². The van der Waals surface area contributed by atoms with Gasteiger partial charge in [-0.2, -0.15) is 0 Å². The van der Waals surface area contributed by atoms with Gasteiger partial charge in [0.25, 0.3) is 0 Å². The van der Waals surface area contributed by atoms with Gasteiger partial charge >= 0.3 is 19.8 Å². The van der Waals surface area contributed by atoms with Gasteiger partial charge < -0.3 is 15.2 Å². The van der Waals surface area contributed by atoms with Gasteiger partial charge in [-0.3, -0.25) is 23.2 Å². The number of unbranched alkanes of at least 4 members (excludes halogenated alkanes) is 22. The first kappa shape index (κ1) is 52.5. The van der Waals surface area contributed by atoms with Crippen LogP contribution in [-0.4, -0.2) is 51.0 Å². The third-order valence-electron chi connectivity index (χ3n) is 9.25. The lowest BCUT2D eigenvalue weighted by Crippen LogP contribution is -2.30. The summed E-state index contributed by atoms with van der Waals surface area (Å²) in [6.45, 7) is 6.22. The molecular weight excluding hydrogens is 701 g/mol. The normalized spacial score (nSPS) is 13.5. The van der Waals surface area contributed by atoms with Gasteiger partial charge in [0.05, 0.1) is 19.8 Å². The van der Waals surface area contributed by atoms with E-state index in [0.29, 0.717) is 19.3 Å². The number of hydrogen-bond donors (Lipinski definition) is 1. The summed E-state index contributed by atoms with van der Waals surface area (Å²) < 4.78 is 40.4. The van der Waals surface area contributed by atoms with Crippen molar-refractivity contribution in [3.8, 4) is 0 Å². The minimum atomic E-state index is -3.92. The van der Waals surface area contributed by atoms with Crippen molar-refractivity contribution in [2.24, 2.45) is 5.73 Å². The second-order valence-electron chi connectivity index (χ2n) is 14.7. The van der Waals surface area contributed by atoms with E-state index in [4.69, 9.17) is 28.8 Å². The van der Waals surface area contributed by atoms with E-state index in [1.807, 2.05) is 6.92 Å². The molecule has 1 unspecified atom stereocenters. The number of phosphoric acid groups is 1. The van der Waals surface area contributed by atoms with Gasteiger partial charge in [-0.05, 0) is 70.6 Å². The smallest absolute Gasteiger partial charge is 0.462 e. The molecule has 0 rings (SSSR count). The van der Waals surface area contributed by atoms with Crippen LogP contribution in [0.5, 0.6) is 0 Å². The van der Waals surface area contributed by atoms with Crippen molar-refractivity contribution in [3.63, 3.8) is 0 Å². The van der Waals surface area contributed by atoms with Crippen LogP contribution >= 0.6 is 7.82 Å². The van der Waals surface area contributed by atoms with Crippen LogP contribution in [0.25, 0.3) is 0 Å². The molecule has 54 heavy (non-hydrogen) atoms. The molecule has 2 N–H and O–H groups in total. The van der Waals surface area contributed by atoms with Gasteiger partial charge in [0.2, 0.25) is 0 Å². The Morgan fingerprint density at radius 2 is 0.907 bits per heavy atom. The zero-order chi connectivity index (χ0) is 39.6. The maximum absolute atomic E-state index is 13.1.